The minimum atomic E-state index is -0.456. The van der Waals surface area contributed by atoms with Crippen molar-refractivity contribution in [1.82, 2.24) is 10.2 Å². The molecule has 0 saturated carbocycles. The zero-order chi connectivity index (χ0) is 14.6. The van der Waals surface area contributed by atoms with Crippen LogP contribution in [0.3, 0.4) is 0 Å². The summed E-state index contributed by atoms with van der Waals surface area (Å²) in [5, 5.41) is 26.4. The van der Waals surface area contributed by atoms with Crippen LogP contribution < -0.4 is 5.73 Å². The van der Waals surface area contributed by atoms with Gasteiger partial charge >= 0.3 is 0 Å². The van der Waals surface area contributed by atoms with E-state index in [1.54, 1.807) is 6.92 Å². The first kappa shape index (κ1) is 15.9. The number of nitrogens with two attached hydrogens (primary N) is 1. The number of thioether (sulfide) groups is 1. The standard InChI is InChI=1S/C13H22N4OS/c1-5-9-10(6-2)16-17-13(11(9)12(14)15)19-8(4)7(3)18/h7-8,18H,5-6H2,1-4H3,(H3,14,15). The predicted octanol–water partition coefficient (Wildman–Crippen LogP) is 1.75. The number of aryl methyl sites for hydroxylation is 1. The van der Waals surface area contributed by atoms with E-state index in [0.29, 0.717) is 10.6 Å². The molecule has 106 valence electrons. The predicted molar refractivity (Wildman–Crippen MR) is 78.8 cm³/mol. The van der Waals surface area contributed by atoms with Crippen LogP contribution in [0.25, 0.3) is 0 Å². The molecule has 2 atom stereocenters. The Balaban J connectivity index is 3.28. The largest absolute Gasteiger partial charge is 0.392 e. The fourth-order valence-corrected chi connectivity index (χ4v) is 2.78. The van der Waals surface area contributed by atoms with Crippen molar-refractivity contribution in [3.05, 3.63) is 16.8 Å². The van der Waals surface area contributed by atoms with Crippen molar-refractivity contribution in [1.29, 1.82) is 5.41 Å². The van der Waals surface area contributed by atoms with Gasteiger partial charge < -0.3 is 10.8 Å². The number of nitrogens with zero attached hydrogens (tertiary/aromatic N) is 2. The lowest BCUT2D eigenvalue weighted by atomic mass is 10.0. The van der Waals surface area contributed by atoms with Gasteiger partial charge in [0.25, 0.3) is 0 Å². The quantitative estimate of drug-likeness (QED) is 0.419. The Morgan fingerprint density at radius 1 is 1.32 bits per heavy atom. The van der Waals surface area contributed by atoms with E-state index in [4.69, 9.17) is 11.1 Å². The van der Waals surface area contributed by atoms with Crippen LogP contribution in [0.2, 0.25) is 0 Å². The molecule has 0 amide bonds. The van der Waals surface area contributed by atoms with Crippen LogP contribution in [-0.4, -0.2) is 32.5 Å². The summed E-state index contributed by atoms with van der Waals surface area (Å²) in [5.74, 6) is 0.0155. The second-order valence-electron chi connectivity index (χ2n) is 4.49. The SMILES string of the molecule is CCc1nnc(SC(C)C(C)O)c(C(=N)N)c1CC. The van der Waals surface area contributed by atoms with Gasteiger partial charge in [0.2, 0.25) is 0 Å². The van der Waals surface area contributed by atoms with Crippen LogP contribution in [0.4, 0.5) is 0 Å². The second-order valence-corrected chi connectivity index (χ2v) is 5.86. The minimum absolute atomic E-state index is 0.0155. The maximum Gasteiger partial charge on any atom is 0.130 e. The van der Waals surface area contributed by atoms with Crippen molar-refractivity contribution in [3.63, 3.8) is 0 Å². The summed E-state index contributed by atoms with van der Waals surface area (Å²) in [7, 11) is 0. The third-order valence-corrected chi connectivity index (χ3v) is 4.33. The zero-order valence-electron chi connectivity index (χ0n) is 11.9. The van der Waals surface area contributed by atoms with Gasteiger partial charge in [0.05, 0.1) is 17.4 Å². The highest BCUT2D eigenvalue weighted by Crippen LogP contribution is 2.29. The maximum atomic E-state index is 9.59. The van der Waals surface area contributed by atoms with Crippen LogP contribution in [0, 0.1) is 5.41 Å². The van der Waals surface area contributed by atoms with Crippen molar-refractivity contribution < 1.29 is 5.11 Å². The average molecular weight is 282 g/mol. The van der Waals surface area contributed by atoms with E-state index >= 15 is 0 Å². The van der Waals surface area contributed by atoms with Crippen LogP contribution in [-0.2, 0) is 12.8 Å². The van der Waals surface area contributed by atoms with Crippen molar-refractivity contribution >= 4 is 17.6 Å². The molecule has 0 aliphatic heterocycles. The highest BCUT2D eigenvalue weighted by Gasteiger charge is 2.20. The molecular weight excluding hydrogens is 260 g/mol. The molecule has 1 aromatic rings. The third kappa shape index (κ3) is 3.67. The van der Waals surface area contributed by atoms with E-state index in [1.807, 2.05) is 20.8 Å². The molecule has 0 aliphatic carbocycles. The number of aliphatic hydroxyl groups excluding tert-OH is 1. The molecule has 0 aromatic carbocycles. The Morgan fingerprint density at radius 2 is 1.95 bits per heavy atom. The fraction of sp³-hybridized carbons (Fsp3) is 0.615. The lowest BCUT2D eigenvalue weighted by Crippen LogP contribution is -2.21. The van der Waals surface area contributed by atoms with Crippen molar-refractivity contribution in [2.45, 2.75) is 56.9 Å². The van der Waals surface area contributed by atoms with Gasteiger partial charge in [-0.2, -0.15) is 5.10 Å². The van der Waals surface area contributed by atoms with Gasteiger partial charge in [-0.15, -0.1) is 5.10 Å². The molecule has 2 unspecified atom stereocenters. The molecule has 0 saturated heterocycles. The van der Waals surface area contributed by atoms with Gasteiger partial charge in [0.15, 0.2) is 0 Å². The lowest BCUT2D eigenvalue weighted by Gasteiger charge is -2.18. The smallest absolute Gasteiger partial charge is 0.130 e. The van der Waals surface area contributed by atoms with Gasteiger partial charge in [-0.05, 0) is 25.3 Å². The fourth-order valence-electron chi connectivity index (χ4n) is 1.79. The molecule has 1 heterocycles. The summed E-state index contributed by atoms with van der Waals surface area (Å²) >= 11 is 1.41. The van der Waals surface area contributed by atoms with Gasteiger partial charge in [0.1, 0.15) is 10.9 Å². The van der Waals surface area contributed by atoms with Crippen LogP contribution in [0.1, 0.15) is 44.5 Å². The number of rotatable bonds is 6. The molecule has 6 heteroatoms. The summed E-state index contributed by atoms with van der Waals surface area (Å²) in [6.45, 7) is 7.69. The molecule has 4 N–H and O–H groups in total. The van der Waals surface area contributed by atoms with Crippen molar-refractivity contribution in [3.8, 4) is 0 Å². The molecule has 0 radical (unpaired) electrons. The number of hydrogen-bond acceptors (Lipinski definition) is 5. The Labute approximate surface area is 118 Å². The molecule has 0 bridgehead atoms. The van der Waals surface area contributed by atoms with Crippen LogP contribution in [0.15, 0.2) is 5.03 Å². The van der Waals surface area contributed by atoms with E-state index in [2.05, 4.69) is 10.2 Å². The summed E-state index contributed by atoms with van der Waals surface area (Å²) in [6, 6.07) is 0. The van der Waals surface area contributed by atoms with Crippen molar-refractivity contribution in [2.75, 3.05) is 0 Å². The molecule has 5 nitrogen and oxygen atoms in total. The topological polar surface area (TPSA) is 95.9 Å². The second kappa shape index (κ2) is 6.86. The van der Waals surface area contributed by atoms with E-state index in [0.717, 1.165) is 24.1 Å². The number of nitrogens with one attached hydrogen (secondary N) is 1. The Bertz CT molecular complexity index is 462. The van der Waals surface area contributed by atoms with Crippen molar-refractivity contribution in [2.24, 2.45) is 5.73 Å². The van der Waals surface area contributed by atoms with E-state index in [9.17, 15) is 5.11 Å². The molecule has 19 heavy (non-hydrogen) atoms. The van der Waals surface area contributed by atoms with Gasteiger partial charge in [-0.25, -0.2) is 0 Å². The minimum Gasteiger partial charge on any atom is -0.392 e. The van der Waals surface area contributed by atoms with Gasteiger partial charge in [0, 0.05) is 5.25 Å². The van der Waals surface area contributed by atoms with Gasteiger partial charge in [-0.3, -0.25) is 5.41 Å². The summed E-state index contributed by atoms with van der Waals surface area (Å²) < 4.78 is 0. The molecule has 1 rings (SSSR count). The molecule has 0 spiro atoms. The first-order valence-corrected chi connectivity index (χ1v) is 7.37. The lowest BCUT2D eigenvalue weighted by molar-refractivity contribution is 0.196. The molecule has 0 fully saturated rings. The summed E-state index contributed by atoms with van der Waals surface area (Å²) in [5.41, 5.74) is 8.26. The zero-order valence-corrected chi connectivity index (χ0v) is 12.7. The number of aliphatic hydroxyl groups is 1. The van der Waals surface area contributed by atoms with Crippen LogP contribution >= 0.6 is 11.8 Å². The Morgan fingerprint density at radius 3 is 2.37 bits per heavy atom. The monoisotopic (exact) mass is 282 g/mol. The van der Waals surface area contributed by atoms with Gasteiger partial charge in [-0.1, -0.05) is 32.5 Å². The summed E-state index contributed by atoms with van der Waals surface area (Å²) in [4.78, 5) is 0. The number of aromatic nitrogens is 2. The molecular formula is C13H22N4OS. The number of hydrogen-bond donors (Lipinski definition) is 3. The maximum absolute atomic E-state index is 9.59. The van der Waals surface area contributed by atoms with E-state index in [-0.39, 0.29) is 11.1 Å². The Kier molecular flexibility index (Phi) is 5.75. The van der Waals surface area contributed by atoms with E-state index < -0.39 is 6.10 Å². The first-order valence-electron chi connectivity index (χ1n) is 6.49. The average Bonchev–Trinajstić information content (AvgIpc) is 2.37. The first-order chi connectivity index (χ1) is 8.92. The molecule has 1 aromatic heterocycles. The Hall–Kier alpha value is -1.14. The number of amidine groups is 1. The number of nitrogen functional groups attached to an aromatic ring is 1. The highest BCUT2D eigenvalue weighted by atomic mass is 32.2. The summed E-state index contributed by atoms with van der Waals surface area (Å²) in [6.07, 6.45) is 1.08. The van der Waals surface area contributed by atoms with Crippen LogP contribution in [0.5, 0.6) is 0 Å². The third-order valence-electron chi connectivity index (χ3n) is 3.06. The molecule has 0 aliphatic rings. The van der Waals surface area contributed by atoms with E-state index in [1.165, 1.54) is 11.8 Å². The highest BCUT2D eigenvalue weighted by molar-refractivity contribution is 8.00. The normalized spacial score (nSPS) is 14.2.